The van der Waals surface area contributed by atoms with E-state index >= 15 is 0 Å². The van der Waals surface area contributed by atoms with Gasteiger partial charge in [0.2, 0.25) is 0 Å². The molecule has 2 unspecified atom stereocenters. The number of nitrogens with zero attached hydrogens (tertiary/aromatic N) is 3. The van der Waals surface area contributed by atoms with Crippen LogP contribution in [0.2, 0.25) is 0 Å². The molecule has 0 aromatic carbocycles. The first-order valence-electron chi connectivity index (χ1n) is 7.07. The van der Waals surface area contributed by atoms with Gasteiger partial charge in [-0.3, -0.25) is 4.90 Å². The quantitative estimate of drug-likeness (QED) is 0.752. The molecule has 1 fully saturated rings. The van der Waals surface area contributed by atoms with Gasteiger partial charge in [0, 0.05) is 12.6 Å². The second-order valence-corrected chi connectivity index (χ2v) is 5.99. The average Bonchev–Trinajstić information content (AvgIpc) is 2.46. The smallest absolute Gasteiger partial charge is 0.101 e. The molecule has 1 aliphatic rings. The van der Waals surface area contributed by atoms with E-state index in [4.69, 9.17) is 11.0 Å². The zero-order valence-electron chi connectivity index (χ0n) is 12.2. The van der Waals surface area contributed by atoms with E-state index in [1.54, 1.807) is 0 Å². The third-order valence-corrected chi connectivity index (χ3v) is 3.83. The van der Waals surface area contributed by atoms with Gasteiger partial charge in [0.1, 0.15) is 5.54 Å². The summed E-state index contributed by atoms with van der Waals surface area (Å²) in [5, 5.41) is 8.86. The molecule has 0 saturated carbocycles. The molecule has 0 spiro atoms. The van der Waals surface area contributed by atoms with Gasteiger partial charge in [-0.1, -0.05) is 0 Å². The van der Waals surface area contributed by atoms with E-state index in [0.29, 0.717) is 6.04 Å². The zero-order valence-corrected chi connectivity index (χ0v) is 12.2. The van der Waals surface area contributed by atoms with Gasteiger partial charge in [-0.05, 0) is 66.2 Å². The van der Waals surface area contributed by atoms with Crippen LogP contribution in [0.4, 0.5) is 0 Å². The van der Waals surface area contributed by atoms with Crippen molar-refractivity contribution in [2.45, 2.75) is 51.1 Å². The van der Waals surface area contributed by atoms with Gasteiger partial charge < -0.3 is 10.6 Å². The maximum Gasteiger partial charge on any atom is 0.101 e. The number of likely N-dealkylation sites (N-methyl/N-ethyl adjacent to an activating group) is 1. The highest BCUT2D eigenvalue weighted by Crippen LogP contribution is 2.13. The summed E-state index contributed by atoms with van der Waals surface area (Å²) >= 11 is 0. The third kappa shape index (κ3) is 5.34. The molecule has 1 heterocycles. The topological polar surface area (TPSA) is 56.3 Å². The fourth-order valence-corrected chi connectivity index (χ4v) is 2.62. The van der Waals surface area contributed by atoms with Crippen LogP contribution in [-0.4, -0.2) is 54.6 Å². The van der Waals surface area contributed by atoms with Crippen LogP contribution in [0.5, 0.6) is 0 Å². The Morgan fingerprint density at radius 1 is 1.39 bits per heavy atom. The summed E-state index contributed by atoms with van der Waals surface area (Å²) in [5.74, 6) is 0. The molecule has 0 radical (unpaired) electrons. The number of nitriles is 1. The third-order valence-electron chi connectivity index (χ3n) is 3.83. The number of unbranched alkanes of at least 4 members (excludes halogenated alkanes) is 1. The molecule has 18 heavy (non-hydrogen) atoms. The number of nitrogens with two attached hydrogens (primary N) is 1. The molecule has 0 aliphatic carbocycles. The van der Waals surface area contributed by atoms with Crippen LogP contribution < -0.4 is 5.73 Å². The van der Waals surface area contributed by atoms with Gasteiger partial charge >= 0.3 is 0 Å². The van der Waals surface area contributed by atoms with Crippen molar-refractivity contribution in [1.82, 2.24) is 9.80 Å². The van der Waals surface area contributed by atoms with Crippen molar-refractivity contribution < 1.29 is 0 Å². The predicted molar refractivity (Wildman–Crippen MR) is 75.2 cm³/mol. The minimum absolute atomic E-state index is 0.637. The summed E-state index contributed by atoms with van der Waals surface area (Å²) in [5.41, 5.74) is 5.18. The minimum atomic E-state index is -0.648. The highest BCUT2D eigenvalue weighted by Gasteiger charge is 2.20. The monoisotopic (exact) mass is 252 g/mol. The molecule has 1 aliphatic heterocycles. The van der Waals surface area contributed by atoms with Crippen molar-refractivity contribution in [1.29, 1.82) is 5.26 Å². The molecule has 2 atom stereocenters. The molecule has 0 amide bonds. The van der Waals surface area contributed by atoms with Crippen LogP contribution in [-0.2, 0) is 0 Å². The Labute approximate surface area is 112 Å². The Hall–Kier alpha value is -0.630. The first kappa shape index (κ1) is 15.4. The Morgan fingerprint density at radius 3 is 2.78 bits per heavy atom. The molecular weight excluding hydrogens is 224 g/mol. The van der Waals surface area contributed by atoms with Gasteiger partial charge in [-0.25, -0.2) is 0 Å². The van der Waals surface area contributed by atoms with Gasteiger partial charge in [-0.2, -0.15) is 5.26 Å². The van der Waals surface area contributed by atoms with Crippen LogP contribution in [0.15, 0.2) is 0 Å². The molecule has 4 nitrogen and oxygen atoms in total. The Balaban J connectivity index is 2.24. The second kappa shape index (κ2) is 7.08. The molecule has 2 N–H and O–H groups in total. The summed E-state index contributed by atoms with van der Waals surface area (Å²) in [6.07, 6.45) is 4.24. The Bertz CT molecular complexity index is 282. The first-order valence-corrected chi connectivity index (χ1v) is 7.07. The molecule has 4 heteroatoms. The van der Waals surface area contributed by atoms with Crippen molar-refractivity contribution in [3.63, 3.8) is 0 Å². The fraction of sp³-hybridized carbons (Fsp3) is 0.929. The second-order valence-electron chi connectivity index (χ2n) is 5.99. The fourth-order valence-electron chi connectivity index (χ4n) is 2.62. The van der Waals surface area contributed by atoms with Crippen molar-refractivity contribution in [2.24, 2.45) is 5.73 Å². The minimum Gasteiger partial charge on any atom is -0.314 e. The SMILES string of the molecule is CC1CN(C)CCCN1CCCCC(C)(N)C#N. The van der Waals surface area contributed by atoms with Crippen molar-refractivity contribution in [3.8, 4) is 6.07 Å². The molecule has 1 rings (SSSR count). The lowest BCUT2D eigenvalue weighted by molar-refractivity contribution is 0.197. The number of hydrogen-bond donors (Lipinski definition) is 1. The normalized spacial score (nSPS) is 26.3. The lowest BCUT2D eigenvalue weighted by atomic mass is 9.98. The van der Waals surface area contributed by atoms with Crippen molar-refractivity contribution >= 4 is 0 Å². The summed E-state index contributed by atoms with van der Waals surface area (Å²) in [7, 11) is 2.20. The van der Waals surface area contributed by atoms with E-state index in [2.05, 4.69) is 29.8 Å². The largest absolute Gasteiger partial charge is 0.314 e. The lowest BCUT2D eigenvalue weighted by Crippen LogP contribution is -2.39. The number of rotatable bonds is 5. The van der Waals surface area contributed by atoms with Crippen LogP contribution >= 0.6 is 0 Å². The molecule has 1 saturated heterocycles. The molecular formula is C14H28N4. The summed E-state index contributed by atoms with van der Waals surface area (Å²) < 4.78 is 0. The first-order chi connectivity index (χ1) is 8.44. The predicted octanol–water partition coefficient (Wildman–Crippen LogP) is 1.42. The van der Waals surface area contributed by atoms with Gasteiger partial charge in [-0.15, -0.1) is 0 Å². The van der Waals surface area contributed by atoms with Crippen LogP contribution in [0.1, 0.15) is 39.5 Å². The Morgan fingerprint density at radius 2 is 2.11 bits per heavy atom. The molecule has 104 valence electrons. The van der Waals surface area contributed by atoms with E-state index < -0.39 is 5.54 Å². The lowest BCUT2D eigenvalue weighted by Gasteiger charge is -2.28. The van der Waals surface area contributed by atoms with E-state index in [0.717, 1.165) is 32.4 Å². The van der Waals surface area contributed by atoms with Crippen LogP contribution in [0.25, 0.3) is 0 Å². The zero-order chi connectivity index (χ0) is 13.6. The number of hydrogen-bond acceptors (Lipinski definition) is 4. The maximum atomic E-state index is 8.86. The molecule has 0 bridgehead atoms. The van der Waals surface area contributed by atoms with Crippen molar-refractivity contribution in [2.75, 3.05) is 33.2 Å². The summed E-state index contributed by atoms with van der Waals surface area (Å²) in [4.78, 5) is 4.99. The van der Waals surface area contributed by atoms with Crippen LogP contribution in [0, 0.1) is 11.3 Å². The summed E-state index contributed by atoms with van der Waals surface area (Å²) in [6, 6.07) is 2.80. The molecule has 0 aromatic rings. The van der Waals surface area contributed by atoms with E-state index in [9.17, 15) is 0 Å². The van der Waals surface area contributed by atoms with E-state index in [-0.39, 0.29) is 0 Å². The van der Waals surface area contributed by atoms with Gasteiger partial charge in [0.15, 0.2) is 0 Å². The van der Waals surface area contributed by atoms with E-state index in [1.165, 1.54) is 19.5 Å². The van der Waals surface area contributed by atoms with Gasteiger partial charge in [0.05, 0.1) is 6.07 Å². The standard InChI is InChI=1S/C14H28N4/c1-13-11-17(3)8-6-10-18(13)9-5-4-7-14(2,16)12-15/h13H,4-11,16H2,1-3H3. The highest BCUT2D eigenvalue weighted by atomic mass is 15.2. The maximum absolute atomic E-state index is 8.86. The van der Waals surface area contributed by atoms with Crippen LogP contribution in [0.3, 0.4) is 0 Å². The molecule has 0 aromatic heterocycles. The Kier molecular flexibility index (Phi) is 6.07. The summed E-state index contributed by atoms with van der Waals surface area (Å²) in [6.45, 7) is 8.82. The average molecular weight is 252 g/mol. The van der Waals surface area contributed by atoms with Crippen molar-refractivity contribution in [3.05, 3.63) is 0 Å². The van der Waals surface area contributed by atoms with E-state index in [1.807, 2.05) is 6.92 Å². The van der Waals surface area contributed by atoms with Gasteiger partial charge in [0.25, 0.3) is 0 Å². The highest BCUT2D eigenvalue weighted by molar-refractivity contribution is 5.00.